The Hall–Kier alpha value is -3.02. The standard InChI is InChI=1S/C26H39BN4O6S/c1-26(14-15-26)38(35,36)29-24(33)27-16-6-4-3-5-7-17-30(19-20-10-12-21(37-2)13-11-20)25(34)31-18-8-9-22(31)23(28)32/h6,10-13,16,22,27H,3-5,7-9,14-15,17-19H2,1-2H3,(H2,28,32)(H,29,33)/b16-6-/t22-/m0/s1. The molecule has 0 bridgehead atoms. The fourth-order valence-corrected chi connectivity index (χ4v) is 5.75. The van der Waals surface area contributed by atoms with Gasteiger partial charge in [-0.1, -0.05) is 24.6 Å². The Balaban J connectivity index is 1.45. The van der Waals surface area contributed by atoms with E-state index in [1.807, 2.05) is 30.3 Å². The fraction of sp³-hybridized carbons (Fsp3) is 0.577. The lowest BCUT2D eigenvalue weighted by Gasteiger charge is -2.31. The number of hydrogen-bond donors (Lipinski definition) is 2. The third-order valence-corrected chi connectivity index (χ3v) is 9.45. The maximum Gasteiger partial charge on any atom is 0.320 e. The van der Waals surface area contributed by atoms with Crippen molar-refractivity contribution in [2.24, 2.45) is 5.73 Å². The largest absolute Gasteiger partial charge is 0.497 e. The van der Waals surface area contributed by atoms with Crippen molar-refractivity contribution in [3.05, 3.63) is 41.9 Å². The number of carbonyl (C=O) groups is 3. The number of nitrogens with one attached hydrogen (secondary N) is 1. The molecule has 12 heteroatoms. The third-order valence-electron chi connectivity index (χ3n) is 7.25. The van der Waals surface area contributed by atoms with Crippen molar-refractivity contribution in [3.8, 4) is 5.75 Å². The topological polar surface area (TPSA) is 139 Å². The molecule has 1 atom stereocenters. The van der Waals surface area contributed by atoms with Gasteiger partial charge in [0.05, 0.1) is 11.9 Å². The summed E-state index contributed by atoms with van der Waals surface area (Å²) in [6.07, 6.45) is 7.66. The summed E-state index contributed by atoms with van der Waals surface area (Å²) in [5, 5.41) is 0. The molecule has 2 aliphatic rings. The monoisotopic (exact) mass is 546 g/mol. The van der Waals surface area contributed by atoms with Crippen LogP contribution in [0.5, 0.6) is 5.75 Å². The number of amides is 4. The van der Waals surface area contributed by atoms with Crippen LogP contribution in [-0.2, 0) is 21.4 Å². The number of urea groups is 1. The molecule has 1 aliphatic heterocycles. The van der Waals surface area contributed by atoms with Crippen LogP contribution in [0.2, 0.25) is 0 Å². The van der Waals surface area contributed by atoms with Crippen LogP contribution in [0.25, 0.3) is 0 Å². The van der Waals surface area contributed by atoms with Gasteiger partial charge in [-0.15, -0.1) is 5.98 Å². The van der Waals surface area contributed by atoms with Gasteiger partial charge in [0.2, 0.25) is 15.9 Å². The molecule has 10 nitrogen and oxygen atoms in total. The molecule has 1 saturated carbocycles. The predicted octanol–water partition coefficient (Wildman–Crippen LogP) is 2.67. The number of methoxy groups -OCH3 is 1. The number of nitrogens with two attached hydrogens (primary N) is 1. The molecule has 3 N–H and O–H groups in total. The number of hydrogen-bond acceptors (Lipinski definition) is 6. The van der Waals surface area contributed by atoms with Gasteiger partial charge >= 0.3 is 6.03 Å². The van der Waals surface area contributed by atoms with Crippen LogP contribution in [0.15, 0.2) is 36.3 Å². The summed E-state index contributed by atoms with van der Waals surface area (Å²) >= 11 is 0. The number of unbranched alkanes of at least 4 members (excludes halogenated alkanes) is 3. The van der Waals surface area contributed by atoms with Gasteiger partial charge in [0.25, 0.3) is 7.28 Å². The van der Waals surface area contributed by atoms with Crippen molar-refractivity contribution >= 4 is 35.0 Å². The maximum absolute atomic E-state index is 13.3. The van der Waals surface area contributed by atoms with Crippen LogP contribution in [0.1, 0.15) is 63.9 Å². The summed E-state index contributed by atoms with van der Waals surface area (Å²) in [6, 6.07) is 6.81. The van der Waals surface area contributed by atoms with Crippen molar-refractivity contribution in [2.75, 3.05) is 20.2 Å². The molecule has 1 aliphatic carbocycles. The van der Waals surface area contributed by atoms with Gasteiger partial charge in [-0.05, 0) is 69.6 Å². The quantitative estimate of drug-likeness (QED) is 0.272. The van der Waals surface area contributed by atoms with Gasteiger partial charge in [0.1, 0.15) is 11.8 Å². The molecule has 208 valence electrons. The number of nitrogens with zero attached hydrogens (tertiary/aromatic N) is 2. The van der Waals surface area contributed by atoms with E-state index >= 15 is 0 Å². The number of carbonyl (C=O) groups excluding carboxylic acids is 3. The second-order valence-corrected chi connectivity index (χ2v) is 12.5. The number of primary amides is 1. The van der Waals surface area contributed by atoms with Gasteiger partial charge in [0.15, 0.2) is 5.81 Å². The molecule has 4 amide bonds. The van der Waals surface area contributed by atoms with Crippen molar-refractivity contribution in [3.63, 3.8) is 0 Å². The molecule has 1 heterocycles. The Morgan fingerprint density at radius 3 is 2.55 bits per heavy atom. The van der Waals surface area contributed by atoms with E-state index in [0.717, 1.165) is 43.4 Å². The average molecular weight is 546 g/mol. The Morgan fingerprint density at radius 2 is 1.92 bits per heavy atom. The molecule has 1 saturated heterocycles. The lowest BCUT2D eigenvalue weighted by atomic mass is 9.77. The minimum absolute atomic E-state index is 0.0241. The van der Waals surface area contributed by atoms with Gasteiger partial charge in [-0.3, -0.25) is 14.3 Å². The number of rotatable bonds is 14. The van der Waals surface area contributed by atoms with Crippen molar-refractivity contribution < 1.29 is 27.5 Å². The summed E-state index contributed by atoms with van der Waals surface area (Å²) < 4.78 is 30.8. The Labute approximate surface area is 226 Å². The van der Waals surface area contributed by atoms with Crippen LogP contribution in [0.3, 0.4) is 0 Å². The number of sulfonamides is 1. The molecule has 1 aromatic rings. The first-order valence-corrected chi connectivity index (χ1v) is 14.7. The molecule has 0 spiro atoms. The van der Waals surface area contributed by atoms with E-state index in [2.05, 4.69) is 4.72 Å². The molecule has 38 heavy (non-hydrogen) atoms. The summed E-state index contributed by atoms with van der Waals surface area (Å²) in [7, 11) is -1.97. The van der Waals surface area contributed by atoms with Crippen LogP contribution in [0, 0.1) is 0 Å². The zero-order valence-corrected chi connectivity index (χ0v) is 23.2. The fourth-order valence-electron chi connectivity index (χ4n) is 4.48. The van der Waals surface area contributed by atoms with E-state index in [1.54, 1.807) is 29.8 Å². The Kier molecular flexibility index (Phi) is 10.2. The van der Waals surface area contributed by atoms with Crippen molar-refractivity contribution in [2.45, 2.75) is 75.6 Å². The van der Waals surface area contributed by atoms with E-state index in [0.29, 0.717) is 38.9 Å². The summed E-state index contributed by atoms with van der Waals surface area (Å²) in [4.78, 5) is 40.5. The van der Waals surface area contributed by atoms with Gasteiger partial charge in [0, 0.05) is 19.6 Å². The zero-order chi connectivity index (χ0) is 27.8. The lowest BCUT2D eigenvalue weighted by Crippen LogP contribution is -2.49. The van der Waals surface area contributed by atoms with Crippen molar-refractivity contribution in [1.29, 1.82) is 0 Å². The molecule has 0 aromatic heterocycles. The van der Waals surface area contributed by atoms with E-state index < -0.39 is 32.5 Å². The van der Waals surface area contributed by atoms with Crippen molar-refractivity contribution in [1.82, 2.24) is 14.5 Å². The summed E-state index contributed by atoms with van der Waals surface area (Å²) in [5.74, 6) is 1.44. The smallest absolute Gasteiger partial charge is 0.320 e. The van der Waals surface area contributed by atoms with E-state index in [-0.39, 0.29) is 13.3 Å². The maximum atomic E-state index is 13.3. The highest BCUT2D eigenvalue weighted by Gasteiger charge is 2.50. The Morgan fingerprint density at radius 1 is 1.21 bits per heavy atom. The minimum Gasteiger partial charge on any atom is -0.497 e. The number of allylic oxidation sites excluding steroid dienone is 1. The molecule has 2 fully saturated rings. The first-order chi connectivity index (χ1) is 18.1. The Bertz CT molecular complexity index is 1120. The first kappa shape index (κ1) is 29.5. The van der Waals surface area contributed by atoms with E-state index in [9.17, 15) is 22.8 Å². The molecule has 3 rings (SSSR count). The molecular weight excluding hydrogens is 507 g/mol. The summed E-state index contributed by atoms with van der Waals surface area (Å²) in [6.45, 7) is 3.12. The second-order valence-electron chi connectivity index (χ2n) is 10.3. The lowest BCUT2D eigenvalue weighted by molar-refractivity contribution is -0.121. The number of likely N-dealkylation sites (tertiary alicyclic amines) is 1. The first-order valence-electron chi connectivity index (χ1n) is 13.2. The molecular formula is C26H39BN4O6S. The van der Waals surface area contributed by atoms with Gasteiger partial charge < -0.3 is 20.3 Å². The highest BCUT2D eigenvalue weighted by Crippen LogP contribution is 2.42. The van der Waals surface area contributed by atoms with Gasteiger partial charge in [-0.25, -0.2) is 13.2 Å². The average Bonchev–Trinajstić information content (AvgIpc) is 3.45. The molecule has 0 radical (unpaired) electrons. The summed E-state index contributed by atoms with van der Waals surface area (Å²) in [5.41, 5.74) is 6.50. The second kappa shape index (κ2) is 13.2. The van der Waals surface area contributed by atoms with Crippen LogP contribution >= 0.6 is 0 Å². The highest BCUT2D eigenvalue weighted by molar-refractivity contribution is 7.91. The third kappa shape index (κ3) is 7.99. The van der Waals surface area contributed by atoms with E-state index in [1.165, 1.54) is 0 Å². The zero-order valence-electron chi connectivity index (χ0n) is 22.4. The molecule has 1 aromatic carbocycles. The molecule has 0 unspecified atom stereocenters. The van der Waals surface area contributed by atoms with E-state index in [4.69, 9.17) is 10.5 Å². The predicted molar refractivity (Wildman–Crippen MR) is 148 cm³/mol. The SMILES string of the molecule is COc1ccc(CN(CCCCC/C=C\BC(=O)NS(=O)(=O)C2(C)CC2)C(=O)N2CCC[C@H]2C(N)=O)cc1. The van der Waals surface area contributed by atoms with Crippen LogP contribution in [-0.4, -0.2) is 74.2 Å². The minimum atomic E-state index is -3.60. The highest BCUT2D eigenvalue weighted by atomic mass is 32.2. The number of benzene rings is 1. The van der Waals surface area contributed by atoms with Gasteiger partial charge in [-0.2, -0.15) is 0 Å². The van der Waals surface area contributed by atoms with Crippen LogP contribution in [0.4, 0.5) is 9.59 Å². The number of ether oxygens (including phenoxy) is 1. The van der Waals surface area contributed by atoms with Crippen LogP contribution < -0.4 is 15.2 Å². The normalized spacial score (nSPS) is 18.3.